The van der Waals surface area contributed by atoms with Crippen LogP contribution in [0.4, 0.5) is 0 Å². The molecule has 0 amide bonds. The quantitative estimate of drug-likeness (QED) is 0.0261. The Hall–Kier alpha value is -2.89. The predicted molar refractivity (Wildman–Crippen MR) is 302 cm³/mol. The van der Waals surface area contributed by atoms with Crippen LogP contribution in [0.25, 0.3) is 0 Å². The number of ether oxygens (including phenoxy) is 3. The van der Waals surface area contributed by atoms with Crippen molar-refractivity contribution in [1.29, 1.82) is 0 Å². The van der Waals surface area contributed by atoms with Gasteiger partial charge in [-0.05, 0) is 77.0 Å². The Balaban J connectivity index is 4.26. The number of carbonyl (C=O) groups is 3. The molecule has 0 aliphatic heterocycles. The summed E-state index contributed by atoms with van der Waals surface area (Å²) in [6.45, 7) is 6.49. The van der Waals surface area contributed by atoms with Crippen molar-refractivity contribution >= 4 is 17.9 Å². The number of carbonyl (C=O) groups excluding carboxylic acids is 3. The third kappa shape index (κ3) is 56.0. The largest absolute Gasteiger partial charge is 0.462 e. The van der Waals surface area contributed by atoms with Crippen molar-refractivity contribution in [2.45, 2.75) is 316 Å². The molecule has 406 valence electrons. The highest BCUT2D eigenvalue weighted by Gasteiger charge is 2.19. The van der Waals surface area contributed by atoms with Crippen molar-refractivity contribution in [1.82, 2.24) is 0 Å². The number of esters is 3. The second kappa shape index (κ2) is 58.7. The van der Waals surface area contributed by atoms with Gasteiger partial charge in [0, 0.05) is 19.3 Å². The summed E-state index contributed by atoms with van der Waals surface area (Å²) in [7, 11) is 0. The standard InChI is InChI=1S/C64H114O6/c1-4-7-10-13-16-19-22-24-26-28-30-32-34-36-38-40-42-45-48-51-54-57-63(66)69-60-61(59-68-62(65)56-53-50-47-44-21-18-15-12-9-6-3)70-64(67)58-55-52-49-46-43-41-39-37-35-33-31-29-27-25-23-20-17-14-11-8-5-2/h7,10,12,15-16,19,24,26,30,32,61H,4-6,8-9,11,13-14,17-18,20-23,25,27-29,31,33-60H2,1-3H3/b10-7-,15-12-,19-16-,26-24-,32-30-. The van der Waals surface area contributed by atoms with Gasteiger partial charge in [0.05, 0.1) is 0 Å². The molecule has 0 aromatic rings. The topological polar surface area (TPSA) is 78.9 Å². The lowest BCUT2D eigenvalue weighted by Crippen LogP contribution is -2.30. The SMILES string of the molecule is CC/C=C\C/C=C\C/C=C\C/C=C\CCCCCCCCCCC(=O)OCC(COC(=O)CCCCCCC/C=C\CCC)OC(=O)CCCCCCCCCCCCCCCCCCCCCCC. The van der Waals surface area contributed by atoms with Gasteiger partial charge >= 0.3 is 17.9 Å². The third-order valence-electron chi connectivity index (χ3n) is 13.2. The van der Waals surface area contributed by atoms with Crippen molar-refractivity contribution < 1.29 is 28.6 Å². The molecule has 0 saturated heterocycles. The molecule has 0 aliphatic rings. The Bertz CT molecular complexity index is 1260. The Morgan fingerprint density at radius 3 is 0.943 bits per heavy atom. The van der Waals surface area contributed by atoms with E-state index in [2.05, 4.69) is 81.5 Å². The molecular formula is C64H114O6. The number of hydrogen-bond acceptors (Lipinski definition) is 6. The molecule has 0 aliphatic carbocycles. The van der Waals surface area contributed by atoms with E-state index in [1.54, 1.807) is 0 Å². The van der Waals surface area contributed by atoms with Gasteiger partial charge in [-0.15, -0.1) is 0 Å². The fraction of sp³-hybridized carbons (Fsp3) is 0.797. The summed E-state index contributed by atoms with van der Waals surface area (Å²) in [5, 5.41) is 0. The van der Waals surface area contributed by atoms with Crippen LogP contribution < -0.4 is 0 Å². The fourth-order valence-electron chi connectivity index (χ4n) is 8.73. The van der Waals surface area contributed by atoms with Gasteiger partial charge in [-0.3, -0.25) is 14.4 Å². The lowest BCUT2D eigenvalue weighted by molar-refractivity contribution is -0.167. The fourth-order valence-corrected chi connectivity index (χ4v) is 8.73. The van der Waals surface area contributed by atoms with E-state index in [4.69, 9.17) is 14.2 Å². The maximum Gasteiger partial charge on any atom is 0.306 e. The molecule has 0 aromatic carbocycles. The molecule has 0 spiro atoms. The molecule has 0 aromatic heterocycles. The van der Waals surface area contributed by atoms with E-state index in [0.29, 0.717) is 19.3 Å². The Morgan fingerprint density at radius 1 is 0.300 bits per heavy atom. The lowest BCUT2D eigenvalue weighted by Gasteiger charge is -2.18. The molecule has 0 N–H and O–H groups in total. The molecular weight excluding hydrogens is 865 g/mol. The van der Waals surface area contributed by atoms with Crippen LogP contribution in [-0.2, 0) is 28.6 Å². The molecule has 0 heterocycles. The zero-order chi connectivity index (χ0) is 50.7. The zero-order valence-corrected chi connectivity index (χ0v) is 46.5. The van der Waals surface area contributed by atoms with Gasteiger partial charge in [0.15, 0.2) is 6.10 Å². The van der Waals surface area contributed by atoms with Crippen LogP contribution in [0.2, 0.25) is 0 Å². The van der Waals surface area contributed by atoms with Crippen LogP contribution in [0.1, 0.15) is 310 Å². The highest BCUT2D eigenvalue weighted by Crippen LogP contribution is 2.17. The normalized spacial score (nSPS) is 12.4. The summed E-state index contributed by atoms with van der Waals surface area (Å²) in [5.41, 5.74) is 0. The minimum absolute atomic E-state index is 0.0786. The van der Waals surface area contributed by atoms with Crippen molar-refractivity contribution in [2.24, 2.45) is 0 Å². The van der Waals surface area contributed by atoms with E-state index in [1.807, 2.05) is 0 Å². The van der Waals surface area contributed by atoms with Crippen LogP contribution in [-0.4, -0.2) is 37.2 Å². The molecule has 0 saturated carbocycles. The molecule has 6 heteroatoms. The third-order valence-corrected chi connectivity index (χ3v) is 13.2. The first kappa shape index (κ1) is 67.1. The summed E-state index contributed by atoms with van der Waals surface area (Å²) < 4.78 is 16.9. The van der Waals surface area contributed by atoms with Crippen LogP contribution in [0.3, 0.4) is 0 Å². The molecule has 1 unspecified atom stereocenters. The van der Waals surface area contributed by atoms with Crippen LogP contribution >= 0.6 is 0 Å². The minimum Gasteiger partial charge on any atom is -0.462 e. The second-order valence-corrected chi connectivity index (χ2v) is 20.2. The maximum atomic E-state index is 12.9. The van der Waals surface area contributed by atoms with E-state index in [9.17, 15) is 14.4 Å². The van der Waals surface area contributed by atoms with Crippen LogP contribution in [0.15, 0.2) is 60.8 Å². The summed E-state index contributed by atoms with van der Waals surface area (Å²) in [5.74, 6) is -0.882. The van der Waals surface area contributed by atoms with Gasteiger partial charge in [0.25, 0.3) is 0 Å². The van der Waals surface area contributed by atoms with Crippen molar-refractivity contribution in [3.05, 3.63) is 60.8 Å². The predicted octanol–water partition coefficient (Wildman–Crippen LogP) is 20.4. The Morgan fingerprint density at radius 2 is 0.586 bits per heavy atom. The van der Waals surface area contributed by atoms with Gasteiger partial charge in [-0.2, -0.15) is 0 Å². The number of rotatable bonds is 55. The van der Waals surface area contributed by atoms with Crippen molar-refractivity contribution in [2.75, 3.05) is 13.2 Å². The van der Waals surface area contributed by atoms with Crippen LogP contribution in [0, 0.1) is 0 Å². The number of hydrogen-bond donors (Lipinski definition) is 0. The minimum atomic E-state index is -0.779. The van der Waals surface area contributed by atoms with Crippen molar-refractivity contribution in [3.8, 4) is 0 Å². The van der Waals surface area contributed by atoms with Gasteiger partial charge in [-0.1, -0.05) is 274 Å². The van der Waals surface area contributed by atoms with E-state index >= 15 is 0 Å². The molecule has 70 heavy (non-hydrogen) atoms. The lowest BCUT2D eigenvalue weighted by atomic mass is 10.0. The van der Waals surface area contributed by atoms with E-state index in [1.165, 1.54) is 167 Å². The summed E-state index contributed by atoms with van der Waals surface area (Å²) in [6, 6.07) is 0. The van der Waals surface area contributed by atoms with Gasteiger partial charge < -0.3 is 14.2 Å². The molecule has 6 nitrogen and oxygen atoms in total. The highest BCUT2D eigenvalue weighted by atomic mass is 16.6. The van der Waals surface area contributed by atoms with Gasteiger partial charge in [0.2, 0.25) is 0 Å². The molecule has 1 atom stereocenters. The monoisotopic (exact) mass is 979 g/mol. The Kier molecular flexibility index (Phi) is 56.3. The summed E-state index contributed by atoms with van der Waals surface area (Å²) in [4.78, 5) is 38.1. The Labute approximate surface area is 434 Å². The van der Waals surface area contributed by atoms with Gasteiger partial charge in [-0.25, -0.2) is 0 Å². The average molecular weight is 980 g/mol. The average Bonchev–Trinajstić information content (AvgIpc) is 3.36. The van der Waals surface area contributed by atoms with Crippen LogP contribution in [0.5, 0.6) is 0 Å². The molecule has 0 radical (unpaired) electrons. The highest BCUT2D eigenvalue weighted by molar-refractivity contribution is 5.71. The first-order valence-corrected chi connectivity index (χ1v) is 30.3. The van der Waals surface area contributed by atoms with E-state index in [-0.39, 0.29) is 31.1 Å². The first-order valence-electron chi connectivity index (χ1n) is 30.3. The molecule has 0 bridgehead atoms. The smallest absolute Gasteiger partial charge is 0.306 e. The maximum absolute atomic E-state index is 12.9. The molecule has 0 rings (SSSR count). The number of allylic oxidation sites excluding steroid dienone is 10. The van der Waals surface area contributed by atoms with Crippen molar-refractivity contribution in [3.63, 3.8) is 0 Å². The van der Waals surface area contributed by atoms with Gasteiger partial charge in [0.1, 0.15) is 13.2 Å². The van der Waals surface area contributed by atoms with E-state index < -0.39 is 6.10 Å². The summed E-state index contributed by atoms with van der Waals surface area (Å²) >= 11 is 0. The summed E-state index contributed by atoms with van der Waals surface area (Å²) in [6.07, 6.45) is 73.7. The molecule has 0 fully saturated rings. The zero-order valence-electron chi connectivity index (χ0n) is 46.5. The second-order valence-electron chi connectivity index (χ2n) is 20.2. The van der Waals surface area contributed by atoms with E-state index in [0.717, 1.165) is 103 Å². The number of unbranched alkanes of at least 4 members (excludes halogenated alkanes) is 34. The first-order chi connectivity index (χ1) is 34.5.